The molecule has 5 nitrogen and oxygen atoms in total. The lowest BCUT2D eigenvalue weighted by molar-refractivity contribution is 0.242. The average Bonchev–Trinajstić information content (AvgIpc) is 2.45. The zero-order valence-corrected chi connectivity index (χ0v) is 11.5. The van der Waals surface area contributed by atoms with Crippen molar-refractivity contribution in [1.82, 2.24) is 5.32 Å². The Bertz CT molecular complexity index is 476. The zero-order valence-electron chi connectivity index (χ0n) is 11.5. The molecule has 2 amide bonds. The van der Waals surface area contributed by atoms with Crippen LogP contribution in [0.2, 0.25) is 0 Å². The molecule has 1 rings (SSSR count). The number of hydrogen-bond acceptors (Lipinski definition) is 3. The number of urea groups is 1. The Kier molecular flexibility index (Phi) is 5.19. The summed E-state index contributed by atoms with van der Waals surface area (Å²) in [6.45, 7) is 3.75. The van der Waals surface area contributed by atoms with Gasteiger partial charge < -0.3 is 15.4 Å². The summed E-state index contributed by atoms with van der Waals surface area (Å²) < 4.78 is 5.08. The van der Waals surface area contributed by atoms with Crippen LogP contribution in [-0.2, 0) is 0 Å². The number of benzene rings is 1. The number of amides is 2. The van der Waals surface area contributed by atoms with Crippen LogP contribution in [0.3, 0.4) is 0 Å². The molecule has 0 aliphatic carbocycles. The standard InChI is InChI=1S/C14H19N3O2/c1-4-14(5-2,10-15)17-13(18)16-11-7-6-8-12(9-11)19-3/h6-9H,4-5H2,1-3H3,(H2,16,17,18). The molecule has 19 heavy (non-hydrogen) atoms. The Morgan fingerprint density at radius 1 is 1.42 bits per heavy atom. The van der Waals surface area contributed by atoms with Gasteiger partial charge in [-0.2, -0.15) is 5.26 Å². The summed E-state index contributed by atoms with van der Waals surface area (Å²) in [7, 11) is 1.56. The monoisotopic (exact) mass is 261 g/mol. The van der Waals surface area contributed by atoms with Crippen molar-refractivity contribution in [2.45, 2.75) is 32.2 Å². The summed E-state index contributed by atoms with van der Waals surface area (Å²) in [4.78, 5) is 11.9. The van der Waals surface area contributed by atoms with Crippen molar-refractivity contribution in [2.75, 3.05) is 12.4 Å². The van der Waals surface area contributed by atoms with Gasteiger partial charge in [-0.15, -0.1) is 0 Å². The lowest BCUT2D eigenvalue weighted by atomic mass is 9.95. The molecule has 5 heteroatoms. The summed E-state index contributed by atoms with van der Waals surface area (Å²) in [6.07, 6.45) is 1.12. The van der Waals surface area contributed by atoms with Crippen molar-refractivity contribution in [2.24, 2.45) is 0 Å². The second-order valence-corrected chi connectivity index (χ2v) is 4.21. The average molecular weight is 261 g/mol. The van der Waals surface area contributed by atoms with E-state index >= 15 is 0 Å². The van der Waals surface area contributed by atoms with Crippen molar-refractivity contribution in [3.8, 4) is 11.8 Å². The third-order valence-corrected chi connectivity index (χ3v) is 3.10. The third kappa shape index (κ3) is 3.88. The van der Waals surface area contributed by atoms with E-state index in [1.165, 1.54) is 0 Å². The predicted octanol–water partition coefficient (Wildman–Crippen LogP) is 2.90. The van der Waals surface area contributed by atoms with Crippen molar-refractivity contribution in [1.29, 1.82) is 5.26 Å². The number of anilines is 1. The summed E-state index contributed by atoms with van der Waals surface area (Å²) in [6, 6.07) is 8.81. The fraction of sp³-hybridized carbons (Fsp3) is 0.429. The van der Waals surface area contributed by atoms with Gasteiger partial charge in [0.1, 0.15) is 11.3 Å². The van der Waals surface area contributed by atoms with Crippen molar-refractivity contribution >= 4 is 11.7 Å². The van der Waals surface area contributed by atoms with Crippen LogP contribution in [0.25, 0.3) is 0 Å². The lowest BCUT2D eigenvalue weighted by Gasteiger charge is -2.25. The number of ether oxygens (including phenoxy) is 1. The quantitative estimate of drug-likeness (QED) is 0.855. The fourth-order valence-electron chi connectivity index (χ4n) is 1.69. The maximum Gasteiger partial charge on any atom is 0.320 e. The van der Waals surface area contributed by atoms with Crippen molar-refractivity contribution in [3.63, 3.8) is 0 Å². The normalized spacial score (nSPS) is 10.4. The van der Waals surface area contributed by atoms with E-state index < -0.39 is 11.6 Å². The number of nitrogens with zero attached hydrogens (tertiary/aromatic N) is 1. The molecule has 0 spiro atoms. The number of nitriles is 1. The van der Waals surface area contributed by atoms with Gasteiger partial charge in [-0.3, -0.25) is 0 Å². The Labute approximate surface area is 113 Å². The Balaban J connectivity index is 2.72. The van der Waals surface area contributed by atoms with E-state index in [1.807, 2.05) is 13.8 Å². The van der Waals surface area contributed by atoms with Gasteiger partial charge in [-0.25, -0.2) is 4.79 Å². The fourth-order valence-corrected chi connectivity index (χ4v) is 1.69. The van der Waals surface area contributed by atoms with Crippen LogP contribution in [0, 0.1) is 11.3 Å². The maximum atomic E-state index is 11.9. The van der Waals surface area contributed by atoms with Gasteiger partial charge >= 0.3 is 6.03 Å². The first-order chi connectivity index (χ1) is 9.09. The number of hydrogen-bond donors (Lipinski definition) is 2. The summed E-state index contributed by atoms with van der Waals surface area (Å²) in [5.74, 6) is 0.662. The number of methoxy groups -OCH3 is 1. The molecule has 0 saturated heterocycles. The smallest absolute Gasteiger partial charge is 0.320 e. The molecule has 2 N–H and O–H groups in total. The highest BCUT2D eigenvalue weighted by Crippen LogP contribution is 2.18. The van der Waals surface area contributed by atoms with E-state index in [4.69, 9.17) is 10.00 Å². The second kappa shape index (κ2) is 6.64. The Hall–Kier alpha value is -2.22. The number of carbonyl (C=O) groups is 1. The highest BCUT2D eigenvalue weighted by atomic mass is 16.5. The molecule has 0 saturated carbocycles. The van der Waals surface area contributed by atoms with Gasteiger partial charge in [0.15, 0.2) is 0 Å². The summed E-state index contributed by atoms with van der Waals surface area (Å²) >= 11 is 0. The minimum atomic E-state index is -0.817. The molecule has 0 bridgehead atoms. The summed E-state index contributed by atoms with van der Waals surface area (Å²) in [5.41, 5.74) is -0.195. The van der Waals surface area contributed by atoms with Gasteiger partial charge in [0.25, 0.3) is 0 Å². The van der Waals surface area contributed by atoms with Gasteiger partial charge in [-0.1, -0.05) is 19.9 Å². The van der Waals surface area contributed by atoms with Crippen LogP contribution in [0.15, 0.2) is 24.3 Å². The van der Waals surface area contributed by atoms with E-state index in [1.54, 1.807) is 31.4 Å². The van der Waals surface area contributed by atoms with Gasteiger partial charge in [0.2, 0.25) is 0 Å². The largest absolute Gasteiger partial charge is 0.497 e. The van der Waals surface area contributed by atoms with Crippen molar-refractivity contribution in [3.05, 3.63) is 24.3 Å². The molecule has 0 fully saturated rings. The first-order valence-corrected chi connectivity index (χ1v) is 6.23. The lowest BCUT2D eigenvalue weighted by Crippen LogP contribution is -2.48. The maximum absolute atomic E-state index is 11.9. The molecular formula is C14H19N3O2. The van der Waals surface area contributed by atoms with Crippen LogP contribution < -0.4 is 15.4 Å². The molecule has 0 radical (unpaired) electrons. The minimum absolute atomic E-state index is 0.390. The van der Waals surface area contributed by atoms with Crippen LogP contribution in [0.1, 0.15) is 26.7 Å². The topological polar surface area (TPSA) is 74.2 Å². The first-order valence-electron chi connectivity index (χ1n) is 6.23. The Morgan fingerprint density at radius 2 is 2.11 bits per heavy atom. The minimum Gasteiger partial charge on any atom is -0.497 e. The second-order valence-electron chi connectivity index (χ2n) is 4.21. The first kappa shape index (κ1) is 14.8. The van der Waals surface area contributed by atoms with E-state index in [0.717, 1.165) is 0 Å². The molecule has 0 unspecified atom stereocenters. The van der Waals surface area contributed by atoms with Crippen LogP contribution in [0.5, 0.6) is 5.75 Å². The highest BCUT2D eigenvalue weighted by molar-refractivity contribution is 5.90. The van der Waals surface area contributed by atoms with E-state index in [-0.39, 0.29) is 0 Å². The van der Waals surface area contributed by atoms with E-state index in [0.29, 0.717) is 24.3 Å². The predicted molar refractivity (Wildman–Crippen MR) is 74.1 cm³/mol. The van der Waals surface area contributed by atoms with Crippen LogP contribution in [0.4, 0.5) is 10.5 Å². The van der Waals surface area contributed by atoms with E-state index in [2.05, 4.69) is 16.7 Å². The molecular weight excluding hydrogens is 242 g/mol. The number of rotatable bonds is 5. The molecule has 1 aromatic carbocycles. The van der Waals surface area contributed by atoms with Crippen LogP contribution in [-0.4, -0.2) is 18.7 Å². The summed E-state index contributed by atoms with van der Waals surface area (Å²) in [5, 5.41) is 14.6. The molecule has 0 aromatic heterocycles. The zero-order chi connectivity index (χ0) is 14.3. The number of nitrogens with one attached hydrogen (secondary N) is 2. The van der Waals surface area contributed by atoms with Crippen molar-refractivity contribution < 1.29 is 9.53 Å². The van der Waals surface area contributed by atoms with Gasteiger partial charge in [-0.05, 0) is 25.0 Å². The van der Waals surface area contributed by atoms with Crippen LogP contribution >= 0.6 is 0 Å². The molecule has 1 aromatic rings. The highest BCUT2D eigenvalue weighted by Gasteiger charge is 2.27. The molecule has 102 valence electrons. The SMILES string of the molecule is CCC(C#N)(CC)NC(=O)Nc1cccc(OC)c1. The van der Waals surface area contributed by atoms with Gasteiger partial charge in [0, 0.05) is 11.8 Å². The number of carbonyl (C=O) groups excluding carboxylic acids is 1. The molecule has 0 heterocycles. The third-order valence-electron chi connectivity index (χ3n) is 3.10. The molecule has 0 aliphatic heterocycles. The van der Waals surface area contributed by atoms with Gasteiger partial charge in [0.05, 0.1) is 13.2 Å². The molecule has 0 atom stereocenters. The Morgan fingerprint density at radius 3 is 2.63 bits per heavy atom. The molecule has 0 aliphatic rings. The van der Waals surface area contributed by atoms with E-state index in [9.17, 15) is 4.79 Å².